The van der Waals surface area contributed by atoms with Gasteiger partial charge in [-0.25, -0.2) is 9.78 Å². The second-order valence-corrected chi connectivity index (χ2v) is 5.36. The molecule has 0 saturated carbocycles. The summed E-state index contributed by atoms with van der Waals surface area (Å²) in [5, 5.41) is 9.37. The van der Waals surface area contributed by atoms with Gasteiger partial charge in [0.2, 0.25) is 0 Å². The van der Waals surface area contributed by atoms with Crippen molar-refractivity contribution in [3.8, 4) is 11.8 Å². The Balaban J connectivity index is 1.73. The van der Waals surface area contributed by atoms with E-state index in [4.69, 9.17) is 14.7 Å². The third kappa shape index (κ3) is 3.87. The standard InChI is InChI=1S/C19H15N3O4/c20-10-11-22-17(21-16-9-5-4-8-15(16)19(22)24)12-26-18(23)13-25-14-6-2-1-3-7-14/h1-9H,11-13H2. The van der Waals surface area contributed by atoms with Crippen molar-refractivity contribution < 1.29 is 14.3 Å². The molecule has 3 rings (SSSR count). The molecule has 7 nitrogen and oxygen atoms in total. The summed E-state index contributed by atoms with van der Waals surface area (Å²) in [4.78, 5) is 28.7. The van der Waals surface area contributed by atoms with Gasteiger partial charge in [0.05, 0.1) is 17.0 Å². The van der Waals surface area contributed by atoms with Crippen LogP contribution in [0.1, 0.15) is 5.82 Å². The van der Waals surface area contributed by atoms with Gasteiger partial charge in [-0.05, 0) is 24.3 Å². The van der Waals surface area contributed by atoms with Crippen molar-refractivity contribution in [2.75, 3.05) is 6.61 Å². The lowest BCUT2D eigenvalue weighted by Crippen LogP contribution is -2.26. The highest BCUT2D eigenvalue weighted by molar-refractivity contribution is 5.77. The first-order chi connectivity index (χ1) is 12.7. The Hall–Kier alpha value is -3.66. The number of hydrogen-bond donors (Lipinski definition) is 0. The van der Waals surface area contributed by atoms with Crippen LogP contribution in [-0.2, 0) is 22.7 Å². The van der Waals surface area contributed by atoms with Crippen LogP contribution in [0.3, 0.4) is 0 Å². The van der Waals surface area contributed by atoms with Crippen LogP contribution in [0.4, 0.5) is 0 Å². The van der Waals surface area contributed by atoms with Crippen molar-refractivity contribution in [1.82, 2.24) is 9.55 Å². The predicted molar refractivity (Wildman–Crippen MR) is 93.3 cm³/mol. The maximum absolute atomic E-state index is 12.5. The predicted octanol–water partition coefficient (Wildman–Crippen LogP) is 2.04. The normalized spacial score (nSPS) is 10.3. The van der Waals surface area contributed by atoms with E-state index in [0.29, 0.717) is 16.7 Å². The molecule has 0 radical (unpaired) electrons. The number of hydrogen-bond acceptors (Lipinski definition) is 6. The van der Waals surface area contributed by atoms with E-state index in [1.165, 1.54) is 4.57 Å². The van der Waals surface area contributed by atoms with Crippen LogP contribution < -0.4 is 10.3 Å². The summed E-state index contributed by atoms with van der Waals surface area (Å²) in [7, 11) is 0. The number of aromatic nitrogens is 2. The molecular formula is C19H15N3O4. The lowest BCUT2D eigenvalue weighted by atomic mass is 10.2. The lowest BCUT2D eigenvalue weighted by molar-refractivity contribution is -0.147. The first kappa shape index (κ1) is 17.2. The van der Waals surface area contributed by atoms with E-state index in [-0.39, 0.29) is 31.1 Å². The molecule has 0 saturated heterocycles. The molecule has 0 unspecified atom stereocenters. The first-order valence-electron chi connectivity index (χ1n) is 7.88. The van der Waals surface area contributed by atoms with E-state index < -0.39 is 5.97 Å². The number of carbonyl (C=O) groups excluding carboxylic acids is 1. The van der Waals surface area contributed by atoms with Gasteiger partial charge in [0.15, 0.2) is 12.4 Å². The van der Waals surface area contributed by atoms with Crippen LogP contribution in [0.15, 0.2) is 59.4 Å². The maximum atomic E-state index is 12.5. The van der Waals surface area contributed by atoms with Crippen LogP contribution in [0.2, 0.25) is 0 Å². The topological polar surface area (TPSA) is 94.2 Å². The summed E-state index contributed by atoms with van der Waals surface area (Å²) in [5.41, 5.74) is 0.141. The van der Waals surface area contributed by atoms with Gasteiger partial charge in [-0.3, -0.25) is 9.36 Å². The molecule has 0 amide bonds. The second kappa shape index (κ2) is 7.94. The van der Waals surface area contributed by atoms with Crippen LogP contribution in [0.5, 0.6) is 5.75 Å². The third-order valence-electron chi connectivity index (χ3n) is 3.63. The average Bonchev–Trinajstić information content (AvgIpc) is 2.68. The van der Waals surface area contributed by atoms with Gasteiger partial charge in [-0.2, -0.15) is 5.26 Å². The Morgan fingerprint density at radius 2 is 1.85 bits per heavy atom. The van der Waals surface area contributed by atoms with E-state index >= 15 is 0 Å². The highest BCUT2D eigenvalue weighted by atomic mass is 16.6. The molecule has 1 heterocycles. The number of ether oxygens (including phenoxy) is 2. The Morgan fingerprint density at radius 3 is 2.62 bits per heavy atom. The minimum absolute atomic E-state index is 0.177. The number of para-hydroxylation sites is 2. The Kier molecular flexibility index (Phi) is 5.25. The molecular weight excluding hydrogens is 334 g/mol. The molecule has 0 atom stereocenters. The van der Waals surface area contributed by atoms with Gasteiger partial charge in [0.1, 0.15) is 18.9 Å². The van der Waals surface area contributed by atoms with Crippen LogP contribution in [0.25, 0.3) is 10.9 Å². The first-order valence-corrected chi connectivity index (χ1v) is 7.88. The van der Waals surface area contributed by atoms with Crippen LogP contribution in [0, 0.1) is 11.3 Å². The van der Waals surface area contributed by atoms with E-state index in [9.17, 15) is 9.59 Å². The van der Waals surface area contributed by atoms with Gasteiger partial charge >= 0.3 is 5.97 Å². The summed E-state index contributed by atoms with van der Waals surface area (Å²) in [6.07, 6.45) is 0. The number of esters is 1. The van der Waals surface area contributed by atoms with Gasteiger partial charge in [0, 0.05) is 0 Å². The smallest absolute Gasteiger partial charge is 0.344 e. The molecule has 0 aliphatic carbocycles. The summed E-state index contributed by atoms with van der Waals surface area (Å²) < 4.78 is 11.7. The monoisotopic (exact) mass is 349 g/mol. The number of nitriles is 1. The maximum Gasteiger partial charge on any atom is 0.344 e. The van der Waals surface area contributed by atoms with Crippen molar-refractivity contribution in [3.63, 3.8) is 0 Å². The second-order valence-electron chi connectivity index (χ2n) is 5.36. The molecule has 0 fully saturated rings. The van der Waals surface area contributed by atoms with Gasteiger partial charge in [0.25, 0.3) is 5.56 Å². The van der Waals surface area contributed by atoms with Crippen molar-refractivity contribution in [1.29, 1.82) is 5.26 Å². The number of benzene rings is 2. The zero-order valence-electron chi connectivity index (χ0n) is 13.8. The van der Waals surface area contributed by atoms with Gasteiger partial charge in [-0.1, -0.05) is 30.3 Å². The number of carbonyl (C=O) groups is 1. The minimum atomic E-state index is -0.597. The largest absolute Gasteiger partial charge is 0.482 e. The average molecular weight is 349 g/mol. The van der Waals surface area contributed by atoms with E-state index in [1.54, 1.807) is 48.5 Å². The number of nitrogens with zero attached hydrogens (tertiary/aromatic N) is 3. The summed E-state index contributed by atoms with van der Waals surface area (Å²) >= 11 is 0. The highest BCUT2D eigenvalue weighted by Crippen LogP contribution is 2.10. The van der Waals surface area contributed by atoms with E-state index in [1.807, 2.05) is 12.1 Å². The SMILES string of the molecule is N#CCn1c(COC(=O)COc2ccccc2)nc2ccccc2c1=O. The molecule has 0 spiro atoms. The summed E-state index contributed by atoms with van der Waals surface area (Å²) in [6.45, 7) is -0.664. The fourth-order valence-electron chi connectivity index (χ4n) is 2.40. The van der Waals surface area contributed by atoms with Crippen molar-refractivity contribution in [2.24, 2.45) is 0 Å². The molecule has 7 heteroatoms. The van der Waals surface area contributed by atoms with E-state index in [2.05, 4.69) is 4.98 Å². The Labute approximate surface area is 149 Å². The van der Waals surface area contributed by atoms with E-state index in [0.717, 1.165) is 0 Å². The van der Waals surface area contributed by atoms with Crippen LogP contribution >= 0.6 is 0 Å². The molecule has 130 valence electrons. The molecule has 1 aromatic heterocycles. The number of fused-ring (bicyclic) bond motifs is 1. The molecule has 26 heavy (non-hydrogen) atoms. The molecule has 3 aromatic rings. The molecule has 0 aliphatic rings. The number of rotatable bonds is 6. The molecule has 0 bridgehead atoms. The minimum Gasteiger partial charge on any atom is -0.482 e. The van der Waals surface area contributed by atoms with Crippen molar-refractivity contribution >= 4 is 16.9 Å². The highest BCUT2D eigenvalue weighted by Gasteiger charge is 2.13. The molecule has 0 aliphatic heterocycles. The summed E-state index contributed by atoms with van der Waals surface area (Å²) in [5.74, 6) is 0.165. The fourth-order valence-corrected chi connectivity index (χ4v) is 2.40. The van der Waals surface area contributed by atoms with Gasteiger partial charge in [-0.15, -0.1) is 0 Å². The zero-order valence-corrected chi connectivity index (χ0v) is 13.8. The third-order valence-corrected chi connectivity index (χ3v) is 3.63. The fraction of sp³-hybridized carbons (Fsp3) is 0.158. The van der Waals surface area contributed by atoms with Crippen molar-refractivity contribution in [3.05, 3.63) is 70.8 Å². The lowest BCUT2D eigenvalue weighted by Gasteiger charge is -2.11. The Morgan fingerprint density at radius 1 is 1.12 bits per heavy atom. The van der Waals surface area contributed by atoms with Gasteiger partial charge < -0.3 is 9.47 Å². The Bertz CT molecular complexity index is 1020. The molecule has 2 aromatic carbocycles. The van der Waals surface area contributed by atoms with Crippen molar-refractivity contribution in [2.45, 2.75) is 13.2 Å². The van der Waals surface area contributed by atoms with Crippen LogP contribution in [-0.4, -0.2) is 22.1 Å². The molecule has 0 N–H and O–H groups in total. The zero-order chi connectivity index (χ0) is 18.4. The quantitative estimate of drug-likeness (QED) is 0.632. The summed E-state index contributed by atoms with van der Waals surface area (Å²) in [6, 6.07) is 17.6.